The van der Waals surface area contributed by atoms with Gasteiger partial charge in [0.05, 0.1) is 12.6 Å². The molecule has 0 bridgehead atoms. The Morgan fingerprint density at radius 1 is 1.50 bits per heavy atom. The molecule has 3 heterocycles. The predicted octanol–water partition coefficient (Wildman–Crippen LogP) is -1.67. The monoisotopic (exact) mass is 320 g/mol. The molecular formula is C9H11N3O6PS-. The van der Waals surface area contributed by atoms with E-state index in [1.54, 1.807) is 0 Å². The lowest BCUT2D eigenvalue weighted by Gasteiger charge is -2.25. The highest BCUT2D eigenvalue weighted by Crippen LogP contribution is 2.65. The zero-order chi connectivity index (χ0) is 14.5. The van der Waals surface area contributed by atoms with Gasteiger partial charge in [0, 0.05) is 6.20 Å². The summed E-state index contributed by atoms with van der Waals surface area (Å²) >= 11 is 4.77. The average molecular weight is 320 g/mol. The van der Waals surface area contributed by atoms with Crippen LogP contribution in [0.5, 0.6) is 6.01 Å². The number of fused-ring (bicyclic) bond motifs is 1. The molecule has 1 aromatic heterocycles. The van der Waals surface area contributed by atoms with Gasteiger partial charge in [-0.25, -0.2) is 9.88 Å². The molecule has 0 amide bonds. The zero-order valence-corrected chi connectivity index (χ0v) is 11.7. The van der Waals surface area contributed by atoms with Gasteiger partial charge in [-0.3, -0.25) is 5.41 Å². The van der Waals surface area contributed by atoms with Crippen LogP contribution < -0.4 is 10.6 Å². The second kappa shape index (κ2) is 4.92. The van der Waals surface area contributed by atoms with Crippen molar-refractivity contribution < 1.29 is 28.9 Å². The summed E-state index contributed by atoms with van der Waals surface area (Å²) in [6, 6.07) is 0.623. The number of aromatic nitrogens is 2. The molecule has 0 saturated carbocycles. The normalized spacial score (nSPS) is 40.0. The molecule has 11 heteroatoms. The minimum absolute atomic E-state index is 0.171. The minimum atomic E-state index is -3.38. The van der Waals surface area contributed by atoms with E-state index < -0.39 is 37.7 Å². The lowest BCUT2D eigenvalue weighted by molar-refractivity contribution is -0.291. The maximum Gasteiger partial charge on any atom is 0.287 e. The Bertz CT molecular complexity index is 583. The summed E-state index contributed by atoms with van der Waals surface area (Å²) in [7, 11) is -3.38. The maximum absolute atomic E-state index is 11.8. The van der Waals surface area contributed by atoms with Crippen molar-refractivity contribution in [2.24, 2.45) is 0 Å². The van der Waals surface area contributed by atoms with Gasteiger partial charge in [0.1, 0.15) is 11.6 Å². The average Bonchev–Trinajstić information content (AvgIpc) is 2.83. The van der Waals surface area contributed by atoms with Gasteiger partial charge in [0.2, 0.25) is 0 Å². The SMILES string of the molecule is N=c1ccn([C@@H]2O[C@H](CO)[C@H]3O[P+](O)([S-])O[C@H]32)c([O-])n1. The van der Waals surface area contributed by atoms with Gasteiger partial charge < -0.3 is 31.8 Å². The number of nitrogens with zero attached hydrogens (tertiary/aromatic N) is 2. The fourth-order valence-electron chi connectivity index (χ4n) is 2.26. The lowest BCUT2D eigenvalue weighted by atomic mass is 10.1. The Hall–Kier alpha value is -0.740. The number of aliphatic hydroxyl groups is 1. The van der Waals surface area contributed by atoms with Crippen LogP contribution in [0.1, 0.15) is 6.23 Å². The standard InChI is InChI=1S/C9H12N3O6PS/c10-5-1-2-12(9(14)11-5)8-7-6(4(3-13)16-8)17-19(15,20)18-7/h1-2,4,6-8,13H,3H2,(H,15,20)(H2,10,11,14)/p-1/t4-,6-,7-,8-,19?/m1/s1. The van der Waals surface area contributed by atoms with Crippen molar-refractivity contribution in [3.8, 4) is 6.01 Å². The Morgan fingerprint density at radius 3 is 2.85 bits per heavy atom. The Morgan fingerprint density at radius 2 is 2.20 bits per heavy atom. The van der Waals surface area contributed by atoms with Crippen molar-refractivity contribution >= 4 is 19.4 Å². The highest BCUT2D eigenvalue weighted by molar-refractivity contribution is 8.35. The van der Waals surface area contributed by atoms with E-state index in [4.69, 9.17) is 31.4 Å². The van der Waals surface area contributed by atoms with E-state index in [0.717, 1.165) is 4.57 Å². The van der Waals surface area contributed by atoms with Gasteiger partial charge in [0.15, 0.2) is 18.4 Å². The molecule has 3 N–H and O–H groups in total. The first-order valence-corrected chi connectivity index (χ1v) is 8.27. The van der Waals surface area contributed by atoms with Gasteiger partial charge in [-0.1, -0.05) is 0 Å². The van der Waals surface area contributed by atoms with Gasteiger partial charge in [-0.15, -0.1) is 0 Å². The third kappa shape index (κ3) is 2.33. The molecule has 2 aliphatic heterocycles. The minimum Gasteiger partial charge on any atom is -0.846 e. The van der Waals surface area contributed by atoms with E-state index in [1.165, 1.54) is 12.3 Å². The number of nitrogens with one attached hydrogen (secondary N) is 1. The van der Waals surface area contributed by atoms with E-state index in [-0.39, 0.29) is 12.1 Å². The molecule has 0 aromatic carbocycles. The number of hydrogen-bond donors (Lipinski definition) is 3. The molecule has 3 rings (SSSR count). The molecule has 0 spiro atoms. The second-order valence-corrected chi connectivity index (χ2v) is 7.10. The van der Waals surface area contributed by atoms with Crippen LogP contribution in [0, 0.1) is 5.41 Å². The molecule has 1 unspecified atom stereocenters. The molecule has 110 valence electrons. The van der Waals surface area contributed by atoms with Crippen LogP contribution in [0.3, 0.4) is 0 Å². The van der Waals surface area contributed by atoms with Crippen LogP contribution in [-0.2, 0) is 26.0 Å². The first-order valence-electron chi connectivity index (χ1n) is 5.68. The molecule has 2 saturated heterocycles. The topological polar surface area (TPSA) is 133 Å². The van der Waals surface area contributed by atoms with Gasteiger partial charge in [0.25, 0.3) is 7.15 Å². The van der Waals surface area contributed by atoms with Crippen molar-refractivity contribution in [3.05, 3.63) is 17.8 Å². The van der Waals surface area contributed by atoms with E-state index >= 15 is 0 Å². The third-order valence-corrected chi connectivity index (χ3v) is 4.62. The summed E-state index contributed by atoms with van der Waals surface area (Å²) in [5.41, 5.74) is -0.171. The quantitative estimate of drug-likeness (QED) is 0.435. The van der Waals surface area contributed by atoms with Crippen LogP contribution in [0.4, 0.5) is 0 Å². The van der Waals surface area contributed by atoms with Crippen molar-refractivity contribution in [1.29, 1.82) is 5.41 Å². The van der Waals surface area contributed by atoms with Crippen LogP contribution in [0.2, 0.25) is 0 Å². The number of aliphatic hydroxyl groups excluding tert-OH is 1. The van der Waals surface area contributed by atoms with E-state index in [2.05, 4.69) is 4.98 Å². The van der Waals surface area contributed by atoms with Crippen molar-refractivity contribution in [2.75, 3.05) is 6.61 Å². The lowest BCUT2D eigenvalue weighted by Crippen LogP contribution is -2.31. The largest absolute Gasteiger partial charge is 0.846 e. The maximum atomic E-state index is 11.8. The van der Waals surface area contributed by atoms with E-state index in [1.807, 2.05) is 0 Å². The summed E-state index contributed by atoms with van der Waals surface area (Å²) in [5.74, 6) is 0. The Kier molecular flexibility index (Phi) is 3.49. The summed E-state index contributed by atoms with van der Waals surface area (Å²) in [5, 5.41) is 28.3. The molecule has 0 aliphatic carbocycles. The molecule has 2 fully saturated rings. The van der Waals surface area contributed by atoms with E-state index in [0.29, 0.717) is 0 Å². The van der Waals surface area contributed by atoms with E-state index in [9.17, 15) is 15.1 Å². The van der Waals surface area contributed by atoms with Crippen LogP contribution >= 0.6 is 7.15 Å². The highest BCUT2D eigenvalue weighted by atomic mass is 32.7. The fraction of sp³-hybridized carbons (Fsp3) is 0.556. The smallest absolute Gasteiger partial charge is 0.287 e. The molecule has 2 aliphatic rings. The van der Waals surface area contributed by atoms with Crippen LogP contribution in [-0.4, -0.2) is 44.5 Å². The third-order valence-electron chi connectivity index (χ3n) is 3.08. The molecule has 5 atom stereocenters. The summed E-state index contributed by atoms with van der Waals surface area (Å²) in [4.78, 5) is 13.2. The predicted molar refractivity (Wildman–Crippen MR) is 64.8 cm³/mol. The number of hydrogen-bond acceptors (Lipinski definition) is 9. The Balaban J connectivity index is 1.96. The fourth-order valence-corrected chi connectivity index (χ4v) is 4.00. The number of ether oxygens (including phenoxy) is 1. The van der Waals surface area contributed by atoms with Gasteiger partial charge in [-0.05, 0) is 6.07 Å². The van der Waals surface area contributed by atoms with Crippen molar-refractivity contribution in [2.45, 2.75) is 24.5 Å². The molecule has 0 radical (unpaired) electrons. The Labute approximate surface area is 119 Å². The second-order valence-electron chi connectivity index (χ2n) is 4.36. The molecular weight excluding hydrogens is 309 g/mol. The summed E-state index contributed by atoms with van der Waals surface area (Å²) in [6.45, 7) is -0.366. The van der Waals surface area contributed by atoms with Crippen molar-refractivity contribution in [1.82, 2.24) is 9.55 Å². The van der Waals surface area contributed by atoms with Crippen molar-refractivity contribution in [3.63, 3.8) is 0 Å². The molecule has 9 nitrogen and oxygen atoms in total. The van der Waals surface area contributed by atoms with Gasteiger partial charge in [-0.2, -0.15) is 9.05 Å². The van der Waals surface area contributed by atoms with Crippen LogP contribution in [0.25, 0.3) is 0 Å². The first kappa shape index (κ1) is 14.2. The summed E-state index contributed by atoms with van der Waals surface area (Å²) < 4.78 is 17.1. The molecule has 20 heavy (non-hydrogen) atoms. The van der Waals surface area contributed by atoms with Crippen LogP contribution in [0.15, 0.2) is 12.3 Å². The number of rotatable bonds is 2. The highest BCUT2D eigenvalue weighted by Gasteiger charge is 2.60. The summed E-state index contributed by atoms with van der Waals surface area (Å²) in [6.07, 6.45) is -1.90. The van der Waals surface area contributed by atoms with Gasteiger partial charge >= 0.3 is 0 Å². The zero-order valence-electron chi connectivity index (χ0n) is 9.95. The molecule has 1 aromatic rings. The first-order chi connectivity index (χ1) is 9.41.